The van der Waals surface area contributed by atoms with Gasteiger partial charge < -0.3 is 14.8 Å². The number of amides is 1. The Balaban J connectivity index is 1.79. The molecule has 0 radical (unpaired) electrons. The Morgan fingerprint density at radius 3 is 2.33 bits per heavy atom. The van der Waals surface area contributed by atoms with Crippen molar-refractivity contribution in [3.8, 4) is 5.75 Å². The molecule has 9 heteroatoms. The van der Waals surface area contributed by atoms with Gasteiger partial charge in [-0.25, -0.2) is 18.4 Å². The van der Waals surface area contributed by atoms with Crippen LogP contribution in [0.5, 0.6) is 5.75 Å². The van der Waals surface area contributed by atoms with E-state index >= 15 is 0 Å². The maximum atomic E-state index is 11.8. The summed E-state index contributed by atoms with van der Waals surface area (Å²) in [6, 6.07) is 10.8. The van der Waals surface area contributed by atoms with Gasteiger partial charge >= 0.3 is 5.97 Å². The van der Waals surface area contributed by atoms with Crippen molar-refractivity contribution in [1.29, 1.82) is 0 Å². The van der Waals surface area contributed by atoms with Crippen molar-refractivity contribution in [3.63, 3.8) is 0 Å². The highest BCUT2D eigenvalue weighted by molar-refractivity contribution is 7.89. The molecule has 2 aromatic carbocycles. The largest absolute Gasteiger partial charge is 0.482 e. The lowest BCUT2D eigenvalue weighted by atomic mass is 10.1. The zero-order valence-electron chi connectivity index (χ0n) is 14.9. The lowest BCUT2D eigenvalue weighted by molar-refractivity contribution is -0.149. The summed E-state index contributed by atoms with van der Waals surface area (Å²) in [5.74, 6) is -0.680. The van der Waals surface area contributed by atoms with Crippen LogP contribution in [-0.4, -0.2) is 33.5 Å². The van der Waals surface area contributed by atoms with Crippen molar-refractivity contribution in [2.75, 3.05) is 18.5 Å². The number of nitrogens with two attached hydrogens (primary N) is 1. The molecule has 3 N–H and O–H groups in total. The number of primary sulfonamides is 1. The molecule has 0 aliphatic heterocycles. The monoisotopic (exact) mass is 392 g/mol. The van der Waals surface area contributed by atoms with E-state index in [-0.39, 0.29) is 11.5 Å². The maximum absolute atomic E-state index is 11.8. The second kappa shape index (κ2) is 8.65. The summed E-state index contributed by atoms with van der Waals surface area (Å²) in [7, 11) is -3.80. The Morgan fingerprint density at radius 2 is 1.70 bits per heavy atom. The SMILES string of the molecule is Cc1cccc(OCC(=O)OCC(=O)Nc2ccc(S(N)(=O)=O)cc2)c1C. The summed E-state index contributed by atoms with van der Waals surface area (Å²) in [5.41, 5.74) is 2.30. The maximum Gasteiger partial charge on any atom is 0.344 e. The van der Waals surface area contributed by atoms with Gasteiger partial charge in [0.05, 0.1) is 4.90 Å². The summed E-state index contributed by atoms with van der Waals surface area (Å²) in [6.07, 6.45) is 0. The number of carbonyl (C=O) groups excluding carboxylic acids is 2. The van der Waals surface area contributed by atoms with Crippen LogP contribution in [0, 0.1) is 13.8 Å². The summed E-state index contributed by atoms with van der Waals surface area (Å²) in [4.78, 5) is 23.4. The van der Waals surface area contributed by atoms with Crippen LogP contribution in [0.4, 0.5) is 5.69 Å². The molecule has 0 aromatic heterocycles. The van der Waals surface area contributed by atoms with Crippen LogP contribution in [-0.2, 0) is 24.3 Å². The van der Waals surface area contributed by atoms with Crippen molar-refractivity contribution < 1.29 is 27.5 Å². The van der Waals surface area contributed by atoms with Gasteiger partial charge in [0.1, 0.15) is 5.75 Å². The molecule has 0 heterocycles. The van der Waals surface area contributed by atoms with E-state index in [4.69, 9.17) is 14.6 Å². The van der Waals surface area contributed by atoms with E-state index < -0.39 is 28.5 Å². The smallest absolute Gasteiger partial charge is 0.344 e. The van der Waals surface area contributed by atoms with E-state index in [0.717, 1.165) is 11.1 Å². The van der Waals surface area contributed by atoms with Gasteiger partial charge in [0.25, 0.3) is 5.91 Å². The quantitative estimate of drug-likeness (QED) is 0.688. The molecule has 144 valence electrons. The average molecular weight is 392 g/mol. The minimum Gasteiger partial charge on any atom is -0.482 e. The zero-order valence-corrected chi connectivity index (χ0v) is 15.7. The highest BCUT2D eigenvalue weighted by atomic mass is 32.2. The normalized spacial score (nSPS) is 10.9. The number of carbonyl (C=O) groups is 2. The molecular weight excluding hydrogens is 372 g/mol. The second-order valence-corrected chi connectivity index (χ2v) is 7.33. The van der Waals surface area contributed by atoms with Crippen molar-refractivity contribution in [3.05, 3.63) is 53.6 Å². The summed E-state index contributed by atoms with van der Waals surface area (Å²) in [6.45, 7) is 3.00. The number of benzene rings is 2. The molecule has 0 aliphatic rings. The zero-order chi connectivity index (χ0) is 20.0. The van der Waals surface area contributed by atoms with E-state index in [9.17, 15) is 18.0 Å². The summed E-state index contributed by atoms with van der Waals surface area (Å²) in [5, 5.41) is 7.47. The number of anilines is 1. The van der Waals surface area contributed by atoms with Crippen LogP contribution in [0.15, 0.2) is 47.4 Å². The van der Waals surface area contributed by atoms with Crippen molar-refractivity contribution in [1.82, 2.24) is 0 Å². The molecular formula is C18H20N2O6S. The number of ether oxygens (including phenoxy) is 2. The first-order chi connectivity index (χ1) is 12.7. The number of hydrogen-bond donors (Lipinski definition) is 2. The fourth-order valence-electron chi connectivity index (χ4n) is 2.13. The number of esters is 1. The molecule has 27 heavy (non-hydrogen) atoms. The number of nitrogens with one attached hydrogen (secondary N) is 1. The summed E-state index contributed by atoms with van der Waals surface area (Å²) < 4.78 is 32.6. The topological polar surface area (TPSA) is 125 Å². The average Bonchev–Trinajstić information content (AvgIpc) is 2.61. The first-order valence-corrected chi connectivity index (χ1v) is 9.49. The molecule has 0 atom stereocenters. The molecule has 2 aromatic rings. The van der Waals surface area contributed by atoms with Crippen LogP contribution in [0.1, 0.15) is 11.1 Å². The van der Waals surface area contributed by atoms with Gasteiger partial charge in [-0.05, 0) is 55.3 Å². The van der Waals surface area contributed by atoms with Crippen molar-refractivity contribution >= 4 is 27.6 Å². The predicted molar refractivity (Wildman–Crippen MR) is 98.8 cm³/mol. The molecule has 0 aliphatic carbocycles. The molecule has 0 unspecified atom stereocenters. The molecule has 0 fully saturated rings. The van der Waals surface area contributed by atoms with Gasteiger partial charge in [-0.15, -0.1) is 0 Å². The second-order valence-electron chi connectivity index (χ2n) is 5.76. The third-order valence-electron chi connectivity index (χ3n) is 3.73. The molecule has 0 saturated carbocycles. The van der Waals surface area contributed by atoms with Gasteiger partial charge in [0.15, 0.2) is 13.2 Å². The minimum atomic E-state index is -3.80. The first kappa shape index (κ1) is 20.4. The number of aryl methyl sites for hydroxylation is 1. The highest BCUT2D eigenvalue weighted by Gasteiger charge is 2.11. The van der Waals surface area contributed by atoms with E-state index in [1.165, 1.54) is 24.3 Å². The highest BCUT2D eigenvalue weighted by Crippen LogP contribution is 2.20. The van der Waals surface area contributed by atoms with E-state index in [0.29, 0.717) is 11.4 Å². The Labute approximate surface area is 157 Å². The number of sulfonamides is 1. The molecule has 0 spiro atoms. The minimum absolute atomic E-state index is 0.0736. The fourth-order valence-corrected chi connectivity index (χ4v) is 2.65. The van der Waals surface area contributed by atoms with Crippen LogP contribution >= 0.6 is 0 Å². The molecule has 0 bridgehead atoms. The lowest BCUT2D eigenvalue weighted by Crippen LogP contribution is -2.23. The standard InChI is InChI=1S/C18H20N2O6S/c1-12-4-3-5-16(13(12)2)25-11-18(22)26-10-17(21)20-14-6-8-15(9-7-14)27(19,23)24/h3-9H,10-11H2,1-2H3,(H,20,21)(H2,19,23,24). The third kappa shape index (κ3) is 6.08. The van der Waals surface area contributed by atoms with Crippen LogP contribution in [0.3, 0.4) is 0 Å². The Bertz CT molecular complexity index is 939. The Hall–Kier alpha value is -2.91. The number of rotatable bonds is 7. The van der Waals surface area contributed by atoms with Crippen molar-refractivity contribution in [2.24, 2.45) is 5.14 Å². The third-order valence-corrected chi connectivity index (χ3v) is 4.66. The van der Waals surface area contributed by atoms with Gasteiger partial charge in [-0.1, -0.05) is 12.1 Å². The number of hydrogen-bond acceptors (Lipinski definition) is 6. The fraction of sp³-hybridized carbons (Fsp3) is 0.222. The first-order valence-electron chi connectivity index (χ1n) is 7.94. The van der Waals surface area contributed by atoms with Crippen LogP contribution in [0.25, 0.3) is 0 Å². The van der Waals surface area contributed by atoms with Gasteiger partial charge in [-0.3, -0.25) is 4.79 Å². The van der Waals surface area contributed by atoms with Crippen molar-refractivity contribution in [2.45, 2.75) is 18.7 Å². The van der Waals surface area contributed by atoms with Crippen LogP contribution in [0.2, 0.25) is 0 Å². The Kier molecular flexibility index (Phi) is 6.54. The molecule has 1 amide bonds. The van der Waals surface area contributed by atoms with E-state index in [1.807, 2.05) is 26.0 Å². The van der Waals surface area contributed by atoms with E-state index in [1.54, 1.807) is 6.07 Å². The van der Waals surface area contributed by atoms with Gasteiger partial charge in [-0.2, -0.15) is 0 Å². The van der Waals surface area contributed by atoms with Gasteiger partial charge in [0.2, 0.25) is 10.0 Å². The lowest BCUT2D eigenvalue weighted by Gasteiger charge is -2.11. The molecule has 0 saturated heterocycles. The molecule has 8 nitrogen and oxygen atoms in total. The Morgan fingerprint density at radius 1 is 1.04 bits per heavy atom. The van der Waals surface area contributed by atoms with Gasteiger partial charge in [0, 0.05) is 5.69 Å². The predicted octanol–water partition coefficient (Wildman–Crippen LogP) is 1.51. The van der Waals surface area contributed by atoms with E-state index in [2.05, 4.69) is 5.32 Å². The summed E-state index contributed by atoms with van der Waals surface area (Å²) >= 11 is 0. The molecule has 2 rings (SSSR count). The van der Waals surface area contributed by atoms with Crippen LogP contribution < -0.4 is 15.2 Å².